The smallest absolute Gasteiger partial charge is 0.277 e. The number of carbonyl (C=O) groups is 1. The SMILES string of the molecule is CCC(CC)NC(=O)CSc1nnc([C@@H](C)Oc2ccc(F)cc2)o1. The third kappa shape index (κ3) is 6.04. The van der Waals surface area contributed by atoms with Crippen LogP contribution in [0.3, 0.4) is 0 Å². The van der Waals surface area contributed by atoms with Crippen LogP contribution in [-0.2, 0) is 4.79 Å². The molecule has 2 rings (SSSR count). The van der Waals surface area contributed by atoms with Crippen LogP contribution in [0.5, 0.6) is 5.75 Å². The molecule has 136 valence electrons. The second-order valence-corrected chi connectivity index (χ2v) is 6.42. The molecule has 1 aromatic heterocycles. The van der Waals surface area contributed by atoms with Crippen LogP contribution in [0.1, 0.15) is 45.6 Å². The summed E-state index contributed by atoms with van der Waals surface area (Å²) in [6.45, 7) is 5.83. The molecule has 0 aliphatic heterocycles. The summed E-state index contributed by atoms with van der Waals surface area (Å²) < 4.78 is 24.0. The Balaban J connectivity index is 1.84. The van der Waals surface area contributed by atoms with E-state index in [1.165, 1.54) is 36.0 Å². The fourth-order valence-corrected chi connectivity index (χ4v) is 2.68. The number of carbonyl (C=O) groups excluding carboxylic acids is 1. The summed E-state index contributed by atoms with van der Waals surface area (Å²) >= 11 is 1.18. The number of amides is 1. The fraction of sp³-hybridized carbons (Fsp3) is 0.471. The van der Waals surface area contributed by atoms with Crippen LogP contribution in [0, 0.1) is 5.82 Å². The van der Waals surface area contributed by atoms with Crippen LogP contribution in [0.4, 0.5) is 4.39 Å². The zero-order valence-electron chi connectivity index (χ0n) is 14.5. The predicted molar refractivity (Wildman–Crippen MR) is 93.0 cm³/mol. The first-order chi connectivity index (χ1) is 12.0. The maximum absolute atomic E-state index is 12.9. The van der Waals surface area contributed by atoms with Crippen LogP contribution in [0.25, 0.3) is 0 Å². The minimum Gasteiger partial charge on any atom is -0.481 e. The second-order valence-electron chi connectivity index (χ2n) is 5.49. The van der Waals surface area contributed by atoms with Gasteiger partial charge in [0.05, 0.1) is 5.75 Å². The molecule has 1 atom stereocenters. The molecule has 0 bridgehead atoms. The number of benzene rings is 1. The molecule has 1 N–H and O–H groups in total. The van der Waals surface area contributed by atoms with Crippen LogP contribution in [-0.4, -0.2) is 27.9 Å². The summed E-state index contributed by atoms with van der Waals surface area (Å²) in [6, 6.07) is 5.88. The van der Waals surface area contributed by atoms with Crippen molar-refractivity contribution in [2.24, 2.45) is 0 Å². The van der Waals surface area contributed by atoms with Gasteiger partial charge in [-0.05, 0) is 44.0 Å². The van der Waals surface area contributed by atoms with Crippen molar-refractivity contribution in [2.75, 3.05) is 5.75 Å². The van der Waals surface area contributed by atoms with Crippen molar-refractivity contribution in [3.63, 3.8) is 0 Å². The highest BCUT2D eigenvalue weighted by Crippen LogP contribution is 2.24. The number of ether oxygens (including phenoxy) is 1. The monoisotopic (exact) mass is 367 g/mol. The summed E-state index contributed by atoms with van der Waals surface area (Å²) in [7, 11) is 0. The van der Waals surface area contributed by atoms with Gasteiger partial charge in [0.2, 0.25) is 5.91 Å². The van der Waals surface area contributed by atoms with Gasteiger partial charge in [0.1, 0.15) is 11.6 Å². The van der Waals surface area contributed by atoms with Gasteiger partial charge in [0.15, 0.2) is 6.10 Å². The molecule has 6 nitrogen and oxygen atoms in total. The molecule has 0 unspecified atom stereocenters. The van der Waals surface area contributed by atoms with Gasteiger partial charge in [-0.3, -0.25) is 4.79 Å². The maximum Gasteiger partial charge on any atom is 0.277 e. The molecule has 0 saturated carbocycles. The van der Waals surface area contributed by atoms with E-state index in [2.05, 4.69) is 15.5 Å². The molecule has 0 aliphatic carbocycles. The highest BCUT2D eigenvalue weighted by Gasteiger charge is 2.17. The van der Waals surface area contributed by atoms with Crippen LogP contribution in [0.15, 0.2) is 33.9 Å². The number of nitrogens with zero attached hydrogens (tertiary/aromatic N) is 2. The minimum atomic E-state index is -0.481. The lowest BCUT2D eigenvalue weighted by Crippen LogP contribution is -2.34. The normalized spacial score (nSPS) is 12.2. The standard InChI is InChI=1S/C17H22FN3O3S/c1-4-13(5-2)19-15(22)10-25-17-21-20-16(24-17)11(3)23-14-8-6-12(18)7-9-14/h6-9,11,13H,4-5,10H2,1-3H3,(H,19,22)/t11-/m1/s1. The van der Waals surface area contributed by atoms with Crippen molar-refractivity contribution in [1.29, 1.82) is 0 Å². The molecule has 0 fully saturated rings. The first-order valence-corrected chi connectivity index (χ1v) is 9.18. The Morgan fingerprint density at radius 3 is 2.60 bits per heavy atom. The van der Waals surface area contributed by atoms with Crippen molar-refractivity contribution >= 4 is 17.7 Å². The summed E-state index contributed by atoms with van der Waals surface area (Å²) in [5, 5.41) is 11.1. The first-order valence-electron chi connectivity index (χ1n) is 8.19. The summed E-state index contributed by atoms with van der Waals surface area (Å²) in [4.78, 5) is 11.9. The van der Waals surface area contributed by atoms with Gasteiger partial charge in [-0.1, -0.05) is 25.6 Å². The molecule has 25 heavy (non-hydrogen) atoms. The summed E-state index contributed by atoms with van der Waals surface area (Å²) in [5.74, 6) is 0.626. The highest BCUT2D eigenvalue weighted by atomic mass is 32.2. The first kappa shape index (κ1) is 19.2. The van der Waals surface area contributed by atoms with Crippen molar-refractivity contribution in [2.45, 2.75) is 51.0 Å². The molecule has 0 radical (unpaired) electrons. The number of halogens is 1. The van der Waals surface area contributed by atoms with Gasteiger partial charge in [0.25, 0.3) is 11.1 Å². The lowest BCUT2D eigenvalue weighted by Gasteiger charge is -2.13. The number of hydrogen-bond acceptors (Lipinski definition) is 6. The second kappa shape index (κ2) is 9.41. The van der Waals surface area contributed by atoms with E-state index in [-0.39, 0.29) is 23.5 Å². The Bertz CT molecular complexity index is 674. The topological polar surface area (TPSA) is 77.2 Å². The zero-order valence-corrected chi connectivity index (χ0v) is 15.3. The molecule has 1 amide bonds. The molecular formula is C17H22FN3O3S. The largest absolute Gasteiger partial charge is 0.481 e. The molecule has 0 aliphatic rings. The van der Waals surface area contributed by atoms with Crippen LogP contribution in [0.2, 0.25) is 0 Å². The van der Waals surface area contributed by atoms with Crippen molar-refractivity contribution < 1.29 is 18.3 Å². The molecule has 0 saturated heterocycles. The number of hydrogen-bond donors (Lipinski definition) is 1. The molecular weight excluding hydrogens is 345 g/mol. The van der Waals surface area contributed by atoms with E-state index in [4.69, 9.17) is 9.15 Å². The van der Waals surface area contributed by atoms with E-state index in [0.29, 0.717) is 16.9 Å². The third-order valence-corrected chi connectivity index (χ3v) is 4.39. The van der Waals surface area contributed by atoms with E-state index < -0.39 is 6.10 Å². The summed E-state index contributed by atoms with van der Waals surface area (Å²) in [6.07, 6.45) is 1.32. The minimum absolute atomic E-state index is 0.0611. The third-order valence-electron chi connectivity index (χ3n) is 3.57. The molecule has 1 heterocycles. The van der Waals surface area contributed by atoms with Gasteiger partial charge in [-0.25, -0.2) is 4.39 Å². The molecule has 2 aromatic rings. The summed E-state index contributed by atoms with van der Waals surface area (Å²) in [5.41, 5.74) is 0. The molecule has 8 heteroatoms. The van der Waals surface area contributed by atoms with E-state index in [1.54, 1.807) is 6.92 Å². The Morgan fingerprint density at radius 1 is 1.28 bits per heavy atom. The number of thioether (sulfide) groups is 1. The van der Waals surface area contributed by atoms with Crippen molar-refractivity contribution in [1.82, 2.24) is 15.5 Å². The van der Waals surface area contributed by atoms with Gasteiger partial charge >= 0.3 is 0 Å². The molecule has 0 spiro atoms. The van der Waals surface area contributed by atoms with Gasteiger partial charge in [-0.2, -0.15) is 0 Å². The maximum atomic E-state index is 12.9. The quantitative estimate of drug-likeness (QED) is 0.680. The van der Waals surface area contributed by atoms with Gasteiger partial charge in [0, 0.05) is 6.04 Å². The average molecular weight is 367 g/mol. The number of rotatable bonds is 9. The van der Waals surface area contributed by atoms with Crippen molar-refractivity contribution in [3.05, 3.63) is 36.0 Å². The Labute approximate surface area is 150 Å². The van der Waals surface area contributed by atoms with E-state index >= 15 is 0 Å². The van der Waals surface area contributed by atoms with Crippen LogP contribution >= 0.6 is 11.8 Å². The lowest BCUT2D eigenvalue weighted by atomic mass is 10.2. The Hall–Kier alpha value is -2.09. The predicted octanol–water partition coefficient (Wildman–Crippen LogP) is 3.75. The van der Waals surface area contributed by atoms with Gasteiger partial charge in [-0.15, -0.1) is 10.2 Å². The highest BCUT2D eigenvalue weighted by molar-refractivity contribution is 7.99. The fourth-order valence-electron chi connectivity index (χ4n) is 2.10. The lowest BCUT2D eigenvalue weighted by molar-refractivity contribution is -0.119. The number of aromatic nitrogens is 2. The molecule has 1 aromatic carbocycles. The van der Waals surface area contributed by atoms with E-state index in [0.717, 1.165) is 12.8 Å². The Morgan fingerprint density at radius 2 is 1.96 bits per heavy atom. The number of nitrogens with one attached hydrogen (secondary N) is 1. The van der Waals surface area contributed by atoms with E-state index in [9.17, 15) is 9.18 Å². The van der Waals surface area contributed by atoms with E-state index in [1.807, 2.05) is 13.8 Å². The average Bonchev–Trinajstić information content (AvgIpc) is 3.09. The van der Waals surface area contributed by atoms with Gasteiger partial charge < -0.3 is 14.5 Å². The van der Waals surface area contributed by atoms with Crippen LogP contribution < -0.4 is 10.1 Å². The Kier molecular flexibility index (Phi) is 7.24. The van der Waals surface area contributed by atoms with Crippen molar-refractivity contribution in [3.8, 4) is 5.75 Å². The zero-order chi connectivity index (χ0) is 18.2.